The van der Waals surface area contributed by atoms with E-state index in [1.165, 1.54) is 11.1 Å². The van der Waals surface area contributed by atoms with Gasteiger partial charge in [0, 0.05) is 0 Å². The predicted octanol–water partition coefficient (Wildman–Crippen LogP) is 4.64. The first kappa shape index (κ1) is 43.9. The SMILES string of the molecule is CCCCc1ccc(C(O)(c2ccc(CCCC)cc2CCCC)C(CO)(CO)CO)c(CCCC)c1.OP(O)O.OP(O)O. The Morgan fingerprint density at radius 1 is 0.511 bits per heavy atom. The van der Waals surface area contributed by atoms with Crippen molar-refractivity contribution in [3.05, 3.63) is 69.8 Å². The van der Waals surface area contributed by atoms with Crippen LogP contribution in [0.25, 0.3) is 0 Å². The summed E-state index contributed by atoms with van der Waals surface area (Å²) < 4.78 is 0. The Morgan fingerprint density at radius 2 is 0.800 bits per heavy atom. The molecular formula is C33H58O10P2. The van der Waals surface area contributed by atoms with Gasteiger partial charge < -0.3 is 49.8 Å². The van der Waals surface area contributed by atoms with Crippen molar-refractivity contribution in [1.82, 2.24) is 0 Å². The molecule has 0 aliphatic heterocycles. The van der Waals surface area contributed by atoms with Crippen molar-refractivity contribution < 1.29 is 49.8 Å². The average molecular weight is 677 g/mol. The second-order valence-corrected chi connectivity index (χ2v) is 12.5. The number of rotatable bonds is 18. The van der Waals surface area contributed by atoms with Crippen LogP contribution in [0.2, 0.25) is 0 Å². The lowest BCUT2D eigenvalue weighted by molar-refractivity contribution is -0.136. The number of hydrogen-bond acceptors (Lipinski definition) is 10. The smallest absolute Gasteiger partial charge is 0.324 e. The summed E-state index contributed by atoms with van der Waals surface area (Å²) in [4.78, 5) is 43.4. The van der Waals surface area contributed by atoms with E-state index in [9.17, 15) is 20.4 Å². The third-order valence-electron chi connectivity index (χ3n) is 8.03. The van der Waals surface area contributed by atoms with Crippen molar-refractivity contribution in [2.45, 2.75) is 110 Å². The maximum absolute atomic E-state index is 12.9. The second kappa shape index (κ2) is 24.1. The van der Waals surface area contributed by atoms with E-state index in [1.807, 2.05) is 12.1 Å². The number of aryl methyl sites for hydroxylation is 4. The van der Waals surface area contributed by atoms with Crippen molar-refractivity contribution in [2.24, 2.45) is 5.41 Å². The van der Waals surface area contributed by atoms with E-state index in [0.29, 0.717) is 11.1 Å². The van der Waals surface area contributed by atoms with Crippen LogP contribution in [0.1, 0.15) is 112 Å². The normalized spacial score (nSPS) is 11.7. The molecule has 0 heterocycles. The van der Waals surface area contributed by atoms with Crippen molar-refractivity contribution in [2.75, 3.05) is 19.8 Å². The molecule has 2 aromatic carbocycles. The first-order chi connectivity index (χ1) is 21.4. The Balaban J connectivity index is 0.00000215. The minimum absolute atomic E-state index is 0.536. The van der Waals surface area contributed by atoms with E-state index in [-0.39, 0.29) is 0 Å². The minimum Gasteiger partial charge on any atom is -0.395 e. The first-order valence-electron chi connectivity index (χ1n) is 15.9. The number of aliphatic hydroxyl groups excluding tert-OH is 3. The maximum Gasteiger partial charge on any atom is 0.324 e. The molecule has 0 fully saturated rings. The average Bonchev–Trinajstić information content (AvgIpc) is 3.01. The van der Waals surface area contributed by atoms with Crippen LogP contribution in [-0.4, -0.2) is 69.6 Å². The summed E-state index contributed by atoms with van der Waals surface area (Å²) >= 11 is 0. The van der Waals surface area contributed by atoms with Gasteiger partial charge in [0.05, 0.1) is 25.2 Å². The highest BCUT2D eigenvalue weighted by Crippen LogP contribution is 2.48. The molecular weight excluding hydrogens is 618 g/mol. The molecule has 0 atom stereocenters. The van der Waals surface area contributed by atoms with E-state index < -0.39 is 48.0 Å². The molecule has 12 heteroatoms. The van der Waals surface area contributed by atoms with Gasteiger partial charge in [0.25, 0.3) is 0 Å². The molecule has 260 valence electrons. The molecule has 0 aliphatic carbocycles. The molecule has 0 radical (unpaired) electrons. The number of benzene rings is 2. The van der Waals surface area contributed by atoms with E-state index in [2.05, 4.69) is 52.0 Å². The summed E-state index contributed by atoms with van der Waals surface area (Å²) in [7, 11) is -5.24. The maximum atomic E-state index is 12.9. The molecule has 0 unspecified atom stereocenters. The van der Waals surface area contributed by atoms with Crippen molar-refractivity contribution in [3.8, 4) is 0 Å². The summed E-state index contributed by atoms with van der Waals surface area (Å²) in [6.45, 7) is 7.08. The standard InChI is InChI=1S/C33H52O4.2H3O3P/c1-5-9-13-26-17-19-30(28(21-26)15-11-7-3)33(37,32(23-34,24-35)25-36)31-20-18-27(14-10-6-2)22-29(31)16-12-8-4;2*1-4(2)3/h17-22,34-37H,5-16,23-25H2,1-4H3;2*1-3H. The van der Waals surface area contributed by atoms with Gasteiger partial charge in [-0.05, 0) is 84.7 Å². The second-order valence-electron chi connectivity index (χ2n) is 11.4. The summed E-state index contributed by atoms with van der Waals surface area (Å²) in [6, 6.07) is 12.5. The van der Waals surface area contributed by atoms with Gasteiger partial charge in [-0.15, -0.1) is 0 Å². The van der Waals surface area contributed by atoms with Gasteiger partial charge in [0.2, 0.25) is 0 Å². The van der Waals surface area contributed by atoms with Crippen LogP contribution in [0.3, 0.4) is 0 Å². The lowest BCUT2D eigenvalue weighted by atomic mass is 9.63. The summed E-state index contributed by atoms with van der Waals surface area (Å²) in [5, 5.41) is 44.8. The molecule has 0 aromatic heterocycles. The van der Waals surface area contributed by atoms with Gasteiger partial charge >= 0.3 is 17.2 Å². The molecule has 10 nitrogen and oxygen atoms in total. The van der Waals surface area contributed by atoms with Crippen LogP contribution in [0.15, 0.2) is 36.4 Å². The van der Waals surface area contributed by atoms with Crippen LogP contribution >= 0.6 is 17.2 Å². The molecule has 0 saturated carbocycles. The zero-order valence-corrected chi connectivity index (χ0v) is 29.2. The quantitative estimate of drug-likeness (QED) is 0.0992. The van der Waals surface area contributed by atoms with Gasteiger partial charge in [-0.2, -0.15) is 0 Å². The molecule has 0 aliphatic rings. The van der Waals surface area contributed by atoms with Crippen LogP contribution in [0.5, 0.6) is 0 Å². The molecule has 10 N–H and O–H groups in total. The summed E-state index contributed by atoms with van der Waals surface area (Å²) in [5.74, 6) is 0. The highest BCUT2D eigenvalue weighted by atomic mass is 31.2. The largest absolute Gasteiger partial charge is 0.395 e. The topological polar surface area (TPSA) is 202 Å². The fourth-order valence-electron chi connectivity index (χ4n) is 5.43. The highest BCUT2D eigenvalue weighted by molar-refractivity contribution is 7.38. The van der Waals surface area contributed by atoms with Crippen LogP contribution in [-0.2, 0) is 31.3 Å². The molecule has 45 heavy (non-hydrogen) atoms. The first-order valence-corrected chi connectivity index (χ1v) is 18.3. The molecule has 2 aromatic rings. The monoisotopic (exact) mass is 676 g/mol. The molecule has 2 rings (SSSR count). The molecule has 0 saturated heterocycles. The number of unbranched alkanes of at least 4 members (excludes halogenated alkanes) is 4. The summed E-state index contributed by atoms with van der Waals surface area (Å²) in [5.41, 5.74) is 2.65. The Labute approximate surface area is 272 Å². The van der Waals surface area contributed by atoms with Gasteiger partial charge in [0.1, 0.15) is 5.60 Å². The minimum atomic E-state index is -2.62. The van der Waals surface area contributed by atoms with Crippen molar-refractivity contribution in [3.63, 3.8) is 0 Å². The number of hydrogen-bond donors (Lipinski definition) is 10. The zero-order valence-electron chi connectivity index (χ0n) is 27.4. The van der Waals surface area contributed by atoms with Gasteiger partial charge in [-0.3, -0.25) is 0 Å². The van der Waals surface area contributed by atoms with Crippen LogP contribution < -0.4 is 0 Å². The molecule has 0 amide bonds. The van der Waals surface area contributed by atoms with Crippen LogP contribution in [0.4, 0.5) is 0 Å². The summed E-state index contributed by atoms with van der Waals surface area (Å²) in [6.07, 6.45) is 12.0. The number of aliphatic hydroxyl groups is 4. The van der Waals surface area contributed by atoms with E-state index >= 15 is 0 Å². The Bertz CT molecular complexity index is 965. The van der Waals surface area contributed by atoms with E-state index in [4.69, 9.17) is 29.4 Å². The van der Waals surface area contributed by atoms with Gasteiger partial charge in [-0.1, -0.05) is 89.8 Å². The van der Waals surface area contributed by atoms with Crippen molar-refractivity contribution in [1.29, 1.82) is 0 Å². The zero-order chi connectivity index (χ0) is 34.5. The third kappa shape index (κ3) is 14.3. The molecule has 0 spiro atoms. The third-order valence-corrected chi connectivity index (χ3v) is 8.03. The highest BCUT2D eigenvalue weighted by Gasteiger charge is 2.53. The Kier molecular flexibility index (Phi) is 23.5. The van der Waals surface area contributed by atoms with Crippen LogP contribution in [0, 0.1) is 5.41 Å². The molecule has 0 bridgehead atoms. The fraction of sp³-hybridized carbons (Fsp3) is 0.636. The predicted molar refractivity (Wildman–Crippen MR) is 181 cm³/mol. The van der Waals surface area contributed by atoms with E-state index in [0.717, 1.165) is 88.2 Å². The van der Waals surface area contributed by atoms with Gasteiger partial charge in [0.15, 0.2) is 0 Å². The Hall–Kier alpha value is -1.10. The van der Waals surface area contributed by atoms with Gasteiger partial charge in [-0.25, -0.2) is 0 Å². The van der Waals surface area contributed by atoms with E-state index in [1.54, 1.807) is 0 Å². The van der Waals surface area contributed by atoms with Crippen molar-refractivity contribution >= 4 is 17.2 Å². The lowest BCUT2D eigenvalue weighted by Gasteiger charge is -2.47. The fourth-order valence-corrected chi connectivity index (χ4v) is 5.43. The lowest BCUT2D eigenvalue weighted by Crippen LogP contribution is -2.55. The Morgan fingerprint density at radius 3 is 1.07 bits per heavy atom.